The number of aliphatic hydroxyl groups excluding tert-OH is 1. The zero-order chi connectivity index (χ0) is 11.9. The van der Waals surface area contributed by atoms with Gasteiger partial charge in [0.1, 0.15) is 5.82 Å². The summed E-state index contributed by atoms with van der Waals surface area (Å²) >= 11 is 0. The Labute approximate surface area is 99.5 Å². The van der Waals surface area contributed by atoms with Crippen molar-refractivity contribution in [3.8, 4) is 0 Å². The van der Waals surface area contributed by atoms with Crippen LogP contribution in [0.5, 0.6) is 0 Å². The second kappa shape index (κ2) is 3.60. The summed E-state index contributed by atoms with van der Waals surface area (Å²) in [7, 11) is 0. The summed E-state index contributed by atoms with van der Waals surface area (Å²) in [6.07, 6.45) is 2.01. The second-order valence-electron chi connectivity index (χ2n) is 4.71. The van der Waals surface area contributed by atoms with E-state index < -0.39 is 0 Å². The number of nitrogens with zero attached hydrogens (tertiary/aromatic N) is 1. The fourth-order valence-electron chi connectivity index (χ4n) is 1.96. The van der Waals surface area contributed by atoms with Crippen LogP contribution in [0.3, 0.4) is 0 Å². The van der Waals surface area contributed by atoms with E-state index in [0.717, 1.165) is 35.2 Å². The molecule has 2 aromatic rings. The van der Waals surface area contributed by atoms with E-state index >= 15 is 0 Å². The number of hydrogen-bond donors (Lipinski definition) is 3. The first kappa shape index (κ1) is 10.4. The summed E-state index contributed by atoms with van der Waals surface area (Å²) in [5.41, 5.74) is 7.25. The van der Waals surface area contributed by atoms with Crippen molar-refractivity contribution in [2.75, 3.05) is 17.7 Å². The quantitative estimate of drug-likeness (QED) is 0.701. The van der Waals surface area contributed by atoms with Crippen molar-refractivity contribution in [2.45, 2.75) is 18.4 Å². The van der Waals surface area contributed by atoms with Gasteiger partial charge in [0.15, 0.2) is 0 Å². The van der Waals surface area contributed by atoms with E-state index in [9.17, 15) is 5.11 Å². The molecule has 1 aliphatic rings. The normalized spacial score (nSPS) is 17.0. The van der Waals surface area contributed by atoms with E-state index in [1.165, 1.54) is 0 Å². The molecule has 0 saturated heterocycles. The van der Waals surface area contributed by atoms with Crippen LogP contribution >= 0.6 is 0 Å². The van der Waals surface area contributed by atoms with Crippen LogP contribution in [0.4, 0.5) is 11.5 Å². The highest BCUT2D eigenvalue weighted by atomic mass is 16.3. The number of nitrogen functional groups attached to an aromatic ring is 1. The minimum Gasteiger partial charge on any atom is -0.399 e. The van der Waals surface area contributed by atoms with Crippen LogP contribution in [0.25, 0.3) is 10.9 Å². The molecule has 1 aliphatic carbocycles. The summed E-state index contributed by atoms with van der Waals surface area (Å²) in [4.78, 5) is 4.51. The Balaban J connectivity index is 1.94. The van der Waals surface area contributed by atoms with Crippen LogP contribution in [0.2, 0.25) is 0 Å². The second-order valence-corrected chi connectivity index (χ2v) is 4.71. The molecule has 0 amide bonds. The van der Waals surface area contributed by atoms with Crippen molar-refractivity contribution in [3.05, 3.63) is 30.3 Å². The summed E-state index contributed by atoms with van der Waals surface area (Å²) in [6.45, 7) is 0.161. The average Bonchev–Trinajstić information content (AvgIpc) is 3.10. The highest BCUT2D eigenvalue weighted by molar-refractivity contribution is 5.83. The maximum absolute atomic E-state index is 9.26. The molecule has 0 atom stereocenters. The predicted octanol–water partition coefficient (Wildman–Crippen LogP) is 1.75. The van der Waals surface area contributed by atoms with Gasteiger partial charge < -0.3 is 16.2 Å². The van der Waals surface area contributed by atoms with Crippen LogP contribution in [-0.4, -0.2) is 22.2 Å². The lowest BCUT2D eigenvalue weighted by Gasteiger charge is -2.15. The molecule has 4 N–H and O–H groups in total. The van der Waals surface area contributed by atoms with Gasteiger partial charge >= 0.3 is 0 Å². The maximum atomic E-state index is 9.26. The number of nitrogens with one attached hydrogen (secondary N) is 1. The molecule has 0 bridgehead atoms. The number of pyridine rings is 1. The first-order chi connectivity index (χ1) is 8.21. The van der Waals surface area contributed by atoms with Crippen LogP contribution in [0.1, 0.15) is 12.8 Å². The number of nitrogens with two attached hydrogens (primary N) is 1. The van der Waals surface area contributed by atoms with Crippen LogP contribution in [0, 0.1) is 0 Å². The zero-order valence-electron chi connectivity index (χ0n) is 9.48. The first-order valence-corrected chi connectivity index (χ1v) is 5.76. The van der Waals surface area contributed by atoms with E-state index in [-0.39, 0.29) is 12.1 Å². The molecular formula is C13H15N3O. The number of rotatable bonds is 3. The van der Waals surface area contributed by atoms with Crippen molar-refractivity contribution in [1.29, 1.82) is 0 Å². The number of aliphatic hydroxyl groups is 1. The minimum atomic E-state index is -0.130. The lowest BCUT2D eigenvalue weighted by molar-refractivity contribution is 0.266. The van der Waals surface area contributed by atoms with Gasteiger partial charge in [-0.15, -0.1) is 0 Å². The largest absolute Gasteiger partial charge is 0.399 e. The van der Waals surface area contributed by atoms with E-state index in [0.29, 0.717) is 0 Å². The molecule has 0 radical (unpaired) electrons. The van der Waals surface area contributed by atoms with Gasteiger partial charge in [-0.05, 0) is 43.2 Å². The molecule has 0 unspecified atom stereocenters. The fourth-order valence-corrected chi connectivity index (χ4v) is 1.96. The topological polar surface area (TPSA) is 71.2 Å². The van der Waals surface area contributed by atoms with Crippen molar-refractivity contribution in [3.63, 3.8) is 0 Å². The Bertz CT molecular complexity index is 564. The molecular weight excluding hydrogens is 214 g/mol. The third-order valence-corrected chi connectivity index (χ3v) is 3.26. The third-order valence-electron chi connectivity index (χ3n) is 3.26. The number of hydrogen-bond acceptors (Lipinski definition) is 4. The van der Waals surface area contributed by atoms with Crippen molar-refractivity contribution in [2.24, 2.45) is 0 Å². The molecule has 4 nitrogen and oxygen atoms in total. The standard InChI is InChI=1S/C13H15N3O/c14-10-2-3-11-9(7-10)1-4-12(15-11)16-13(8-17)5-6-13/h1-4,7,17H,5-6,8,14H2,(H,15,16). The Morgan fingerprint density at radius 2 is 2.12 bits per heavy atom. The van der Waals surface area contributed by atoms with E-state index in [1.54, 1.807) is 0 Å². The minimum absolute atomic E-state index is 0.130. The van der Waals surface area contributed by atoms with Gasteiger partial charge in [0.25, 0.3) is 0 Å². The Kier molecular flexibility index (Phi) is 2.19. The van der Waals surface area contributed by atoms with Crippen molar-refractivity contribution < 1.29 is 5.11 Å². The third kappa shape index (κ3) is 1.91. The number of fused-ring (bicyclic) bond motifs is 1. The van der Waals surface area contributed by atoms with Gasteiger partial charge in [0.2, 0.25) is 0 Å². The lowest BCUT2D eigenvalue weighted by Crippen LogP contribution is -2.26. The van der Waals surface area contributed by atoms with E-state index in [2.05, 4.69) is 10.3 Å². The van der Waals surface area contributed by atoms with Crippen molar-refractivity contribution in [1.82, 2.24) is 4.98 Å². The Morgan fingerprint density at radius 3 is 2.82 bits per heavy atom. The molecule has 0 aliphatic heterocycles. The summed E-state index contributed by atoms with van der Waals surface area (Å²) in [5, 5.41) is 13.6. The molecule has 17 heavy (non-hydrogen) atoms. The number of anilines is 2. The average molecular weight is 229 g/mol. The van der Waals surface area contributed by atoms with Crippen molar-refractivity contribution >= 4 is 22.4 Å². The predicted molar refractivity (Wildman–Crippen MR) is 68.8 cm³/mol. The number of benzene rings is 1. The molecule has 1 heterocycles. The van der Waals surface area contributed by atoms with E-state index in [1.807, 2.05) is 30.3 Å². The summed E-state index contributed by atoms with van der Waals surface area (Å²) in [5.74, 6) is 0.814. The molecule has 1 saturated carbocycles. The maximum Gasteiger partial charge on any atom is 0.127 e. The lowest BCUT2D eigenvalue weighted by atomic mass is 10.2. The molecule has 88 valence electrons. The van der Waals surface area contributed by atoms with Gasteiger partial charge in [0.05, 0.1) is 17.7 Å². The summed E-state index contributed by atoms with van der Waals surface area (Å²) < 4.78 is 0. The van der Waals surface area contributed by atoms with Gasteiger partial charge in [0, 0.05) is 11.1 Å². The fraction of sp³-hybridized carbons (Fsp3) is 0.308. The van der Waals surface area contributed by atoms with Gasteiger partial charge in [-0.2, -0.15) is 0 Å². The molecule has 3 rings (SSSR count). The van der Waals surface area contributed by atoms with E-state index in [4.69, 9.17) is 5.73 Å². The molecule has 4 heteroatoms. The SMILES string of the molecule is Nc1ccc2nc(NC3(CO)CC3)ccc2c1. The smallest absolute Gasteiger partial charge is 0.127 e. The highest BCUT2D eigenvalue weighted by Crippen LogP contribution is 2.38. The van der Waals surface area contributed by atoms with Crippen LogP contribution in [0.15, 0.2) is 30.3 Å². The highest BCUT2D eigenvalue weighted by Gasteiger charge is 2.42. The van der Waals surface area contributed by atoms with Crippen LogP contribution < -0.4 is 11.1 Å². The Morgan fingerprint density at radius 1 is 1.29 bits per heavy atom. The zero-order valence-corrected chi connectivity index (χ0v) is 9.48. The molecule has 1 aromatic heterocycles. The Hall–Kier alpha value is -1.81. The monoisotopic (exact) mass is 229 g/mol. The van der Waals surface area contributed by atoms with Gasteiger partial charge in [-0.3, -0.25) is 0 Å². The number of aromatic nitrogens is 1. The first-order valence-electron chi connectivity index (χ1n) is 5.76. The summed E-state index contributed by atoms with van der Waals surface area (Å²) in [6, 6.07) is 9.59. The molecule has 0 spiro atoms. The van der Waals surface area contributed by atoms with Gasteiger partial charge in [-0.25, -0.2) is 4.98 Å². The van der Waals surface area contributed by atoms with Crippen LogP contribution in [-0.2, 0) is 0 Å². The molecule has 1 aromatic carbocycles. The van der Waals surface area contributed by atoms with Gasteiger partial charge in [-0.1, -0.05) is 0 Å². The molecule has 1 fully saturated rings.